The van der Waals surface area contributed by atoms with Crippen molar-refractivity contribution in [2.45, 2.75) is 46.6 Å². The number of aryl methyl sites for hydroxylation is 1. The fourth-order valence-electron chi connectivity index (χ4n) is 5.35. The van der Waals surface area contributed by atoms with Gasteiger partial charge in [0, 0.05) is 61.8 Å². The molecule has 5 rings (SSSR count). The summed E-state index contributed by atoms with van der Waals surface area (Å²) in [5.74, 6) is 0.0394. The van der Waals surface area contributed by atoms with Crippen LogP contribution < -0.4 is 10.6 Å². The number of rotatable bonds is 10. The molecular weight excluding hydrogens is 561 g/mol. The molecule has 4 aromatic rings. The second-order valence-electron chi connectivity index (χ2n) is 11.1. The minimum Gasteiger partial charge on any atom is -0.388 e. The highest BCUT2D eigenvalue weighted by Crippen LogP contribution is 2.27. The van der Waals surface area contributed by atoms with Crippen molar-refractivity contribution in [3.05, 3.63) is 125 Å². The average molecular weight is 606 g/mol. The summed E-state index contributed by atoms with van der Waals surface area (Å²) in [6.45, 7) is 7.89. The Balaban J connectivity index is 0.00000226. The van der Waals surface area contributed by atoms with Crippen molar-refractivity contribution in [2.75, 3.05) is 30.8 Å². The summed E-state index contributed by atoms with van der Waals surface area (Å²) < 4.78 is 13.5. The number of nitrogens with one attached hydrogen (secondary N) is 3. The Morgan fingerprint density at radius 3 is 2.38 bits per heavy atom. The van der Waals surface area contributed by atoms with E-state index in [0.717, 1.165) is 46.6 Å². The number of piperidine rings is 1. The number of anilines is 2. The first-order valence-electron chi connectivity index (χ1n) is 15.8. The molecule has 1 aliphatic rings. The van der Waals surface area contributed by atoms with Crippen molar-refractivity contribution in [3.8, 4) is 0 Å². The minimum atomic E-state index is -0.246. The molecule has 0 spiro atoms. The quantitative estimate of drug-likeness (QED) is 0.158. The van der Waals surface area contributed by atoms with Crippen molar-refractivity contribution in [3.63, 3.8) is 0 Å². The summed E-state index contributed by atoms with van der Waals surface area (Å²) in [6, 6.07) is 28.2. The van der Waals surface area contributed by atoms with Gasteiger partial charge in [-0.2, -0.15) is 0 Å². The van der Waals surface area contributed by atoms with Gasteiger partial charge in [-0.3, -0.25) is 9.79 Å². The van der Waals surface area contributed by atoms with Crippen LogP contribution in [0, 0.1) is 24.1 Å². The molecule has 1 saturated heterocycles. The Bertz CT molecular complexity index is 1610. The van der Waals surface area contributed by atoms with Crippen LogP contribution in [-0.4, -0.2) is 42.9 Å². The summed E-state index contributed by atoms with van der Waals surface area (Å²) in [5.41, 5.74) is 7.62. The lowest BCUT2D eigenvalue weighted by Crippen LogP contribution is -2.38. The van der Waals surface area contributed by atoms with Crippen LogP contribution in [0.5, 0.6) is 0 Å². The third-order valence-corrected chi connectivity index (χ3v) is 7.89. The highest BCUT2D eigenvalue weighted by Gasteiger charge is 2.24. The Labute approximate surface area is 266 Å². The van der Waals surface area contributed by atoms with Gasteiger partial charge in [-0.25, -0.2) is 4.39 Å². The number of benzene rings is 4. The van der Waals surface area contributed by atoms with Gasteiger partial charge in [0.15, 0.2) is 0 Å². The number of likely N-dealkylation sites (tertiary alicyclic amines) is 1. The Kier molecular flexibility index (Phi) is 12.0. The van der Waals surface area contributed by atoms with Crippen molar-refractivity contribution >= 4 is 34.9 Å². The third kappa shape index (κ3) is 9.11. The molecule has 0 saturated carbocycles. The molecule has 0 radical (unpaired) electrons. The number of nitrogens with zero attached hydrogens (tertiary/aromatic N) is 2. The number of hydrogen-bond donors (Lipinski definition) is 3. The van der Waals surface area contributed by atoms with Crippen molar-refractivity contribution in [1.82, 2.24) is 4.90 Å². The van der Waals surface area contributed by atoms with Crippen LogP contribution in [0.3, 0.4) is 0 Å². The second-order valence-corrected chi connectivity index (χ2v) is 11.1. The molecule has 234 valence electrons. The zero-order valence-electron chi connectivity index (χ0n) is 26.7. The molecule has 1 heterocycles. The topological polar surface area (TPSA) is 80.6 Å². The largest absolute Gasteiger partial charge is 0.388 e. The number of amides is 1. The van der Waals surface area contributed by atoms with E-state index in [-0.39, 0.29) is 17.6 Å². The van der Waals surface area contributed by atoms with E-state index >= 15 is 0 Å². The first-order valence-corrected chi connectivity index (χ1v) is 15.8. The number of hydrogen-bond acceptors (Lipinski definition) is 5. The molecule has 0 bridgehead atoms. The number of aliphatic imine (C=N–C) groups is 1. The molecule has 1 fully saturated rings. The Hall–Kier alpha value is -4.78. The van der Waals surface area contributed by atoms with Crippen LogP contribution in [0.25, 0.3) is 0 Å². The monoisotopic (exact) mass is 605 g/mol. The van der Waals surface area contributed by atoms with Gasteiger partial charge in [-0.15, -0.1) is 0 Å². The predicted octanol–water partition coefficient (Wildman–Crippen LogP) is 8.68. The number of para-hydroxylation sites is 2. The first-order chi connectivity index (χ1) is 21.9. The fourth-order valence-corrected chi connectivity index (χ4v) is 5.35. The summed E-state index contributed by atoms with van der Waals surface area (Å²) in [7, 11) is 1.83. The van der Waals surface area contributed by atoms with E-state index in [1.807, 2.05) is 80.5 Å². The van der Waals surface area contributed by atoms with E-state index in [1.54, 1.807) is 6.07 Å². The fraction of sp³-hybridized carbons (Fsp3) is 0.289. The summed E-state index contributed by atoms with van der Waals surface area (Å²) >= 11 is 0. The van der Waals surface area contributed by atoms with E-state index in [1.165, 1.54) is 17.7 Å². The highest BCUT2D eigenvalue weighted by molar-refractivity contribution is 6.06. The molecule has 0 aromatic heterocycles. The van der Waals surface area contributed by atoms with Crippen LogP contribution in [-0.2, 0) is 13.0 Å². The first kappa shape index (κ1) is 33.1. The molecular formula is C38H44FN5O. The SMILES string of the molecule is CC.CNc1cc(C(=O)N2CCC(C=Nc3ccccc3NCc3cccc(F)c3)CC2)ccc1C(=N)Cc1ccc(C)cc1. The van der Waals surface area contributed by atoms with Gasteiger partial charge >= 0.3 is 0 Å². The average Bonchev–Trinajstić information content (AvgIpc) is 3.08. The zero-order chi connectivity index (χ0) is 32.2. The van der Waals surface area contributed by atoms with Gasteiger partial charge in [0.25, 0.3) is 5.91 Å². The van der Waals surface area contributed by atoms with Crippen LogP contribution in [0.2, 0.25) is 0 Å². The maximum Gasteiger partial charge on any atom is 0.253 e. The van der Waals surface area contributed by atoms with Crippen molar-refractivity contribution < 1.29 is 9.18 Å². The second kappa shape index (κ2) is 16.3. The maximum atomic E-state index is 13.5. The van der Waals surface area contributed by atoms with E-state index < -0.39 is 0 Å². The summed E-state index contributed by atoms with van der Waals surface area (Å²) in [4.78, 5) is 20.1. The molecule has 0 atom stereocenters. The van der Waals surface area contributed by atoms with Crippen molar-refractivity contribution in [2.24, 2.45) is 10.9 Å². The highest BCUT2D eigenvalue weighted by atomic mass is 19.1. The van der Waals surface area contributed by atoms with Gasteiger partial charge in [-0.1, -0.05) is 74.0 Å². The third-order valence-electron chi connectivity index (χ3n) is 7.89. The van der Waals surface area contributed by atoms with Crippen molar-refractivity contribution in [1.29, 1.82) is 5.41 Å². The van der Waals surface area contributed by atoms with Gasteiger partial charge in [0.05, 0.1) is 11.4 Å². The minimum absolute atomic E-state index is 0.00963. The van der Waals surface area contributed by atoms with Gasteiger partial charge in [0.1, 0.15) is 5.82 Å². The number of carbonyl (C=O) groups is 1. The molecule has 6 nitrogen and oxygen atoms in total. The number of carbonyl (C=O) groups excluding carboxylic acids is 1. The summed E-state index contributed by atoms with van der Waals surface area (Å²) in [6.07, 6.45) is 4.21. The van der Waals surface area contributed by atoms with Crippen LogP contribution >= 0.6 is 0 Å². The van der Waals surface area contributed by atoms with Crippen LogP contribution in [0.4, 0.5) is 21.5 Å². The molecule has 0 aliphatic carbocycles. The van der Waals surface area contributed by atoms with Gasteiger partial charge in [-0.05, 0) is 73.2 Å². The number of halogens is 1. The lowest BCUT2D eigenvalue weighted by atomic mass is 9.96. The molecule has 0 unspecified atom stereocenters. The maximum absolute atomic E-state index is 13.5. The van der Waals surface area contributed by atoms with Gasteiger partial charge < -0.3 is 20.9 Å². The lowest BCUT2D eigenvalue weighted by Gasteiger charge is -2.30. The Morgan fingerprint density at radius 2 is 1.67 bits per heavy atom. The molecule has 45 heavy (non-hydrogen) atoms. The zero-order valence-corrected chi connectivity index (χ0v) is 26.7. The smallest absolute Gasteiger partial charge is 0.253 e. The normalized spacial score (nSPS) is 13.2. The predicted molar refractivity (Wildman–Crippen MR) is 186 cm³/mol. The van der Waals surface area contributed by atoms with E-state index in [9.17, 15) is 9.18 Å². The molecule has 1 amide bonds. The van der Waals surface area contributed by atoms with E-state index in [4.69, 9.17) is 10.4 Å². The standard InChI is InChI=1S/C36H38FN5O.C2H6/c1-25-10-12-26(13-11-25)21-32(38)31-15-14-29(22-35(31)39-2)36(43)42-18-16-27(17-19-42)23-40-33-8-3-4-9-34(33)41-24-28-6-5-7-30(37)20-28;1-2/h3-15,20,22-23,27,38-39,41H,16-19,21,24H2,1-2H3;1-2H3. The van der Waals surface area contributed by atoms with Gasteiger partial charge in [0.2, 0.25) is 0 Å². The molecule has 7 heteroatoms. The van der Waals surface area contributed by atoms with Crippen LogP contribution in [0.15, 0.2) is 96.0 Å². The molecule has 1 aliphatic heterocycles. The van der Waals surface area contributed by atoms with E-state index in [0.29, 0.717) is 37.3 Å². The molecule has 4 aromatic carbocycles. The van der Waals surface area contributed by atoms with Crippen LogP contribution in [0.1, 0.15) is 59.3 Å². The Morgan fingerprint density at radius 1 is 0.933 bits per heavy atom. The van der Waals surface area contributed by atoms with E-state index in [2.05, 4.69) is 41.8 Å². The summed E-state index contributed by atoms with van der Waals surface area (Å²) in [5, 5.41) is 15.2. The molecule has 3 N–H and O–H groups in total. The lowest BCUT2D eigenvalue weighted by molar-refractivity contribution is 0.0711.